The van der Waals surface area contributed by atoms with Crippen LogP contribution < -0.4 is 0 Å². The van der Waals surface area contributed by atoms with Crippen LogP contribution in [0.4, 0.5) is 0 Å². The first kappa shape index (κ1) is 15.9. The van der Waals surface area contributed by atoms with Gasteiger partial charge in [-0.1, -0.05) is 0 Å². The maximum atomic E-state index is 12.7. The lowest BCUT2D eigenvalue weighted by Crippen LogP contribution is -2.38. The van der Waals surface area contributed by atoms with Crippen molar-refractivity contribution in [2.75, 3.05) is 20.3 Å². The van der Waals surface area contributed by atoms with Crippen molar-refractivity contribution in [1.29, 1.82) is 5.26 Å². The van der Waals surface area contributed by atoms with E-state index < -0.39 is 16.1 Å². The number of aryl methyl sites for hydroxylation is 1. The van der Waals surface area contributed by atoms with Gasteiger partial charge in [0, 0.05) is 13.7 Å². The predicted molar refractivity (Wildman–Crippen MR) is 76.1 cm³/mol. The molecule has 0 amide bonds. The summed E-state index contributed by atoms with van der Waals surface area (Å²) in [5.74, 6) is 0. The first-order chi connectivity index (χ1) is 9.93. The molecule has 1 aliphatic heterocycles. The van der Waals surface area contributed by atoms with Crippen molar-refractivity contribution in [3.63, 3.8) is 0 Å². The molecule has 1 saturated heterocycles. The van der Waals surface area contributed by atoms with Crippen molar-refractivity contribution >= 4 is 10.0 Å². The number of rotatable bonds is 4. The van der Waals surface area contributed by atoms with Crippen molar-refractivity contribution in [1.82, 2.24) is 4.31 Å². The van der Waals surface area contributed by atoms with Gasteiger partial charge in [-0.15, -0.1) is 0 Å². The SMILES string of the molecule is CO[C@H]1C[C@@H](CO)N(S(=O)(=O)c2ccc(C#N)c(C)c2)C1. The van der Waals surface area contributed by atoms with Crippen LogP contribution in [0.2, 0.25) is 0 Å². The van der Waals surface area contributed by atoms with Crippen LogP contribution in [0.3, 0.4) is 0 Å². The van der Waals surface area contributed by atoms with E-state index in [9.17, 15) is 13.5 Å². The number of nitriles is 1. The summed E-state index contributed by atoms with van der Waals surface area (Å²) in [7, 11) is -2.18. The van der Waals surface area contributed by atoms with Gasteiger partial charge in [-0.3, -0.25) is 0 Å². The van der Waals surface area contributed by atoms with Gasteiger partial charge in [-0.05, 0) is 37.1 Å². The van der Waals surface area contributed by atoms with Crippen LogP contribution in [-0.2, 0) is 14.8 Å². The normalized spacial score (nSPS) is 23.1. The smallest absolute Gasteiger partial charge is 0.243 e. The van der Waals surface area contributed by atoms with E-state index in [0.717, 1.165) is 0 Å². The van der Waals surface area contributed by atoms with Gasteiger partial charge in [-0.25, -0.2) is 8.42 Å². The molecule has 114 valence electrons. The molecule has 1 N–H and O–H groups in total. The molecule has 1 aliphatic rings. The molecule has 2 atom stereocenters. The third kappa shape index (κ3) is 2.94. The summed E-state index contributed by atoms with van der Waals surface area (Å²) < 4.78 is 31.9. The van der Waals surface area contributed by atoms with E-state index in [1.807, 2.05) is 6.07 Å². The van der Waals surface area contributed by atoms with Crippen molar-refractivity contribution in [2.45, 2.75) is 30.4 Å². The number of benzene rings is 1. The Balaban J connectivity index is 2.38. The fraction of sp³-hybridized carbons (Fsp3) is 0.500. The predicted octanol–water partition coefficient (Wildman–Crippen LogP) is 0.637. The summed E-state index contributed by atoms with van der Waals surface area (Å²) in [6.45, 7) is 1.68. The van der Waals surface area contributed by atoms with Crippen molar-refractivity contribution in [3.05, 3.63) is 29.3 Å². The van der Waals surface area contributed by atoms with Crippen LogP contribution in [0.25, 0.3) is 0 Å². The minimum atomic E-state index is -3.71. The zero-order valence-corrected chi connectivity index (χ0v) is 12.8. The standard InChI is InChI=1S/C14H18N2O4S/c1-10-5-14(4-3-11(10)7-15)21(18,19)16-8-13(20-2)6-12(16)9-17/h3-5,12-13,17H,6,8-9H2,1-2H3/t12-,13-/m0/s1. The zero-order valence-electron chi connectivity index (χ0n) is 12.0. The first-order valence-electron chi connectivity index (χ1n) is 6.60. The molecule has 1 aromatic rings. The highest BCUT2D eigenvalue weighted by atomic mass is 32.2. The third-order valence-corrected chi connectivity index (χ3v) is 5.71. The summed E-state index contributed by atoms with van der Waals surface area (Å²) in [6.07, 6.45) is 0.262. The number of sulfonamides is 1. The molecular weight excluding hydrogens is 292 g/mol. The average molecular weight is 310 g/mol. The highest BCUT2D eigenvalue weighted by molar-refractivity contribution is 7.89. The maximum absolute atomic E-state index is 12.7. The first-order valence-corrected chi connectivity index (χ1v) is 8.04. The Bertz CT molecular complexity index is 666. The molecule has 0 unspecified atom stereocenters. The molecule has 2 rings (SSSR count). The van der Waals surface area contributed by atoms with E-state index >= 15 is 0 Å². The van der Waals surface area contributed by atoms with E-state index in [0.29, 0.717) is 17.5 Å². The number of hydrogen-bond donors (Lipinski definition) is 1. The van der Waals surface area contributed by atoms with Crippen LogP contribution >= 0.6 is 0 Å². The number of hydrogen-bond acceptors (Lipinski definition) is 5. The summed E-state index contributed by atoms with van der Waals surface area (Å²) >= 11 is 0. The molecule has 6 nitrogen and oxygen atoms in total. The van der Waals surface area contributed by atoms with Crippen LogP contribution in [0.5, 0.6) is 0 Å². The molecule has 0 spiro atoms. The van der Waals surface area contributed by atoms with Crippen LogP contribution in [0.1, 0.15) is 17.5 Å². The van der Waals surface area contributed by atoms with E-state index in [-0.39, 0.29) is 24.2 Å². The summed E-state index contributed by atoms with van der Waals surface area (Å²) in [5.41, 5.74) is 1.06. The Hall–Kier alpha value is -1.46. The van der Waals surface area contributed by atoms with Gasteiger partial charge < -0.3 is 9.84 Å². The number of methoxy groups -OCH3 is 1. The number of aliphatic hydroxyl groups is 1. The lowest BCUT2D eigenvalue weighted by Gasteiger charge is -2.22. The molecule has 0 saturated carbocycles. The van der Waals surface area contributed by atoms with E-state index in [1.165, 1.54) is 29.6 Å². The molecule has 1 fully saturated rings. The van der Waals surface area contributed by atoms with E-state index in [4.69, 9.17) is 10.00 Å². The maximum Gasteiger partial charge on any atom is 0.243 e. The molecule has 1 heterocycles. The molecule has 21 heavy (non-hydrogen) atoms. The Kier molecular flexibility index (Phi) is 4.64. The lowest BCUT2D eigenvalue weighted by atomic mass is 10.1. The minimum absolute atomic E-state index is 0.134. The largest absolute Gasteiger partial charge is 0.395 e. The summed E-state index contributed by atoms with van der Waals surface area (Å²) in [4.78, 5) is 0.134. The number of aliphatic hydroxyl groups excluding tert-OH is 1. The molecule has 0 aromatic heterocycles. The molecule has 0 radical (unpaired) electrons. The second-order valence-electron chi connectivity index (χ2n) is 5.09. The fourth-order valence-electron chi connectivity index (χ4n) is 2.53. The highest BCUT2D eigenvalue weighted by Crippen LogP contribution is 2.28. The monoisotopic (exact) mass is 310 g/mol. The average Bonchev–Trinajstić information content (AvgIpc) is 2.91. The zero-order chi connectivity index (χ0) is 15.6. The number of nitrogens with zero attached hydrogens (tertiary/aromatic N) is 2. The third-order valence-electron chi connectivity index (χ3n) is 3.79. The van der Waals surface area contributed by atoms with Gasteiger partial charge >= 0.3 is 0 Å². The van der Waals surface area contributed by atoms with Gasteiger partial charge in [0.1, 0.15) is 0 Å². The Morgan fingerprint density at radius 3 is 2.76 bits per heavy atom. The van der Waals surface area contributed by atoms with Gasteiger partial charge in [0.15, 0.2) is 0 Å². The van der Waals surface area contributed by atoms with Crippen molar-refractivity contribution in [3.8, 4) is 6.07 Å². The topological polar surface area (TPSA) is 90.6 Å². The molecule has 7 heteroatoms. The number of ether oxygens (including phenoxy) is 1. The van der Waals surface area contributed by atoms with E-state index in [2.05, 4.69) is 0 Å². The van der Waals surface area contributed by atoms with Crippen LogP contribution in [-0.4, -0.2) is 50.2 Å². The van der Waals surface area contributed by atoms with E-state index in [1.54, 1.807) is 6.92 Å². The van der Waals surface area contributed by atoms with Gasteiger partial charge in [0.2, 0.25) is 10.0 Å². The Morgan fingerprint density at radius 1 is 1.52 bits per heavy atom. The second-order valence-corrected chi connectivity index (χ2v) is 6.98. The Labute approximate surface area is 124 Å². The van der Waals surface area contributed by atoms with Gasteiger partial charge in [0.25, 0.3) is 0 Å². The van der Waals surface area contributed by atoms with Crippen molar-refractivity contribution < 1.29 is 18.3 Å². The molecule has 0 bridgehead atoms. The summed E-state index contributed by atoms with van der Waals surface area (Å²) in [5, 5.41) is 18.3. The quantitative estimate of drug-likeness (QED) is 0.881. The van der Waals surface area contributed by atoms with Crippen LogP contribution in [0.15, 0.2) is 23.1 Å². The minimum Gasteiger partial charge on any atom is -0.395 e. The second kappa shape index (κ2) is 6.12. The summed E-state index contributed by atoms with van der Waals surface area (Å²) in [6, 6.07) is 5.95. The molecule has 1 aromatic carbocycles. The lowest BCUT2D eigenvalue weighted by molar-refractivity contribution is 0.113. The van der Waals surface area contributed by atoms with Gasteiger partial charge in [-0.2, -0.15) is 9.57 Å². The van der Waals surface area contributed by atoms with Crippen LogP contribution in [0, 0.1) is 18.3 Å². The molecular formula is C14H18N2O4S. The fourth-order valence-corrected chi connectivity index (χ4v) is 4.28. The highest BCUT2D eigenvalue weighted by Gasteiger charge is 2.40. The van der Waals surface area contributed by atoms with Crippen molar-refractivity contribution in [2.24, 2.45) is 0 Å². The molecule has 0 aliphatic carbocycles. The Morgan fingerprint density at radius 2 is 2.24 bits per heavy atom. The van der Waals surface area contributed by atoms with Gasteiger partial charge in [0.05, 0.1) is 35.3 Å².